The monoisotopic (exact) mass is 525 g/mol. The molecule has 2 atom stereocenters. The van der Waals surface area contributed by atoms with Gasteiger partial charge in [0.25, 0.3) is 5.91 Å². The molecule has 13 heteroatoms. The van der Waals surface area contributed by atoms with Crippen LogP contribution in [0.5, 0.6) is 0 Å². The number of anilines is 1. The smallest absolute Gasteiger partial charge is 0.305 e. The molecule has 0 saturated heterocycles. The van der Waals surface area contributed by atoms with Crippen LogP contribution in [0, 0.1) is 11.3 Å². The van der Waals surface area contributed by atoms with Gasteiger partial charge >= 0.3 is 5.97 Å². The van der Waals surface area contributed by atoms with Crippen LogP contribution in [0.3, 0.4) is 0 Å². The molecule has 0 radical (unpaired) electrons. The molecule has 2 heterocycles. The quantitative estimate of drug-likeness (QED) is 0.277. The summed E-state index contributed by atoms with van der Waals surface area (Å²) in [6.45, 7) is 2.70. The normalized spacial score (nSPS) is 15.8. The summed E-state index contributed by atoms with van der Waals surface area (Å²) in [6, 6.07) is 6.86. The summed E-state index contributed by atoms with van der Waals surface area (Å²) in [5.74, 6) is -2.12. The zero-order valence-electron chi connectivity index (χ0n) is 20.8. The fraction of sp³-hybridized carbons (Fsp3) is 0.360. The van der Waals surface area contributed by atoms with E-state index in [1.165, 1.54) is 50.5 Å². The van der Waals surface area contributed by atoms with Crippen molar-refractivity contribution in [2.75, 3.05) is 25.0 Å². The van der Waals surface area contributed by atoms with Crippen LogP contribution in [-0.4, -0.2) is 64.7 Å². The minimum Gasteiger partial charge on any atom is -0.481 e. The lowest BCUT2D eigenvalue weighted by Gasteiger charge is -2.23. The first-order chi connectivity index (χ1) is 17.9. The van der Waals surface area contributed by atoms with E-state index in [9.17, 15) is 34.2 Å². The number of aliphatic hydroxyl groups is 1. The maximum atomic E-state index is 13.2. The van der Waals surface area contributed by atoms with E-state index in [2.05, 4.69) is 31.2 Å². The van der Waals surface area contributed by atoms with E-state index < -0.39 is 48.6 Å². The molecule has 0 bridgehead atoms. The van der Waals surface area contributed by atoms with Gasteiger partial charge in [-0.3, -0.25) is 19.4 Å². The number of carboxylic acid groups (broad SMARTS) is 1. The van der Waals surface area contributed by atoms with Crippen LogP contribution in [0.4, 0.5) is 10.1 Å². The number of amides is 2. The molecule has 6 N–H and O–H groups in total. The number of benzene rings is 1. The first kappa shape index (κ1) is 28.0. The third kappa shape index (κ3) is 7.97. The van der Waals surface area contributed by atoms with Crippen molar-refractivity contribution in [1.29, 1.82) is 5.26 Å². The number of nitrogens with one attached hydrogen (secondary N) is 4. The first-order valence-electron chi connectivity index (χ1n) is 11.7. The molecule has 3 rings (SSSR count). The molecule has 0 aliphatic carbocycles. The van der Waals surface area contributed by atoms with Gasteiger partial charge in [-0.05, 0) is 43.2 Å². The SMILES string of the molecule is CC(C)(O)c1cc(C#N)cc(C(CC(=O)O)NC(=O)CNC(=O)c2cncc(NC3=NCC(F)CN3)c2)c1. The summed E-state index contributed by atoms with van der Waals surface area (Å²) >= 11 is 0. The van der Waals surface area contributed by atoms with Crippen molar-refractivity contribution in [2.45, 2.75) is 38.1 Å². The number of hydrogen-bond acceptors (Lipinski definition) is 9. The van der Waals surface area contributed by atoms with Crippen LogP contribution in [0.25, 0.3) is 0 Å². The number of carboxylic acids is 1. The molecule has 0 spiro atoms. The highest BCUT2D eigenvalue weighted by molar-refractivity contribution is 5.99. The largest absolute Gasteiger partial charge is 0.481 e. The fourth-order valence-electron chi connectivity index (χ4n) is 3.58. The summed E-state index contributed by atoms with van der Waals surface area (Å²) in [5, 5.41) is 39.8. The van der Waals surface area contributed by atoms with Crippen LogP contribution in [0.1, 0.15) is 53.4 Å². The number of nitriles is 1. The Hall–Kier alpha value is -4.57. The summed E-state index contributed by atoms with van der Waals surface area (Å²) in [5.41, 5.74) is 0.153. The maximum Gasteiger partial charge on any atom is 0.305 e. The predicted molar refractivity (Wildman–Crippen MR) is 135 cm³/mol. The van der Waals surface area contributed by atoms with Gasteiger partial charge in [0.1, 0.15) is 6.17 Å². The lowest BCUT2D eigenvalue weighted by molar-refractivity contribution is -0.137. The molecule has 0 saturated carbocycles. The Morgan fingerprint density at radius 2 is 2.03 bits per heavy atom. The molecular weight excluding hydrogens is 497 g/mol. The zero-order valence-corrected chi connectivity index (χ0v) is 20.8. The number of carbonyl (C=O) groups is 3. The number of alkyl halides is 1. The first-order valence-corrected chi connectivity index (χ1v) is 11.7. The van der Waals surface area contributed by atoms with Crippen molar-refractivity contribution in [2.24, 2.45) is 4.99 Å². The van der Waals surface area contributed by atoms with E-state index >= 15 is 0 Å². The summed E-state index contributed by atoms with van der Waals surface area (Å²) < 4.78 is 13.2. The molecule has 2 aromatic rings. The number of halogens is 1. The van der Waals surface area contributed by atoms with Crippen molar-refractivity contribution in [3.63, 3.8) is 0 Å². The highest BCUT2D eigenvalue weighted by atomic mass is 19.1. The molecule has 12 nitrogen and oxygen atoms in total. The third-order valence-corrected chi connectivity index (χ3v) is 5.52. The number of carbonyl (C=O) groups excluding carboxylic acids is 2. The summed E-state index contributed by atoms with van der Waals surface area (Å²) in [7, 11) is 0. The Kier molecular flexibility index (Phi) is 8.93. The maximum absolute atomic E-state index is 13.2. The van der Waals surface area contributed by atoms with Crippen LogP contribution >= 0.6 is 0 Å². The predicted octanol–water partition coefficient (Wildman–Crippen LogP) is 0.952. The minimum absolute atomic E-state index is 0.0147. The topological polar surface area (TPSA) is 189 Å². The Morgan fingerprint density at radius 1 is 1.26 bits per heavy atom. The second-order valence-corrected chi connectivity index (χ2v) is 9.17. The van der Waals surface area contributed by atoms with E-state index in [0.29, 0.717) is 22.8 Å². The van der Waals surface area contributed by atoms with Gasteiger partial charge < -0.3 is 31.5 Å². The van der Waals surface area contributed by atoms with Crippen LogP contribution in [0.15, 0.2) is 41.7 Å². The number of aliphatic imine (C=N–C) groups is 1. The van der Waals surface area contributed by atoms with E-state index in [4.69, 9.17) is 0 Å². The van der Waals surface area contributed by atoms with Gasteiger partial charge in [-0.15, -0.1) is 0 Å². The number of pyridine rings is 1. The molecule has 1 aromatic carbocycles. The molecule has 200 valence electrons. The Morgan fingerprint density at radius 3 is 2.66 bits per heavy atom. The van der Waals surface area contributed by atoms with Gasteiger partial charge in [-0.2, -0.15) is 5.26 Å². The van der Waals surface area contributed by atoms with Crippen LogP contribution in [-0.2, 0) is 15.2 Å². The number of nitrogens with zero attached hydrogens (tertiary/aromatic N) is 3. The Labute approximate surface area is 218 Å². The molecular formula is C25H28FN7O5. The molecule has 1 aliphatic heterocycles. The average molecular weight is 526 g/mol. The standard InChI is InChI=1S/C25H28FN7O5/c1-25(2,38)17-4-14(8-27)3-15(5-17)20(7-22(35)36)33-21(34)13-29-23(37)16-6-19(12-28-9-16)32-24-30-10-18(26)11-31-24/h3-6,9,12,18,20,38H,7,10-11,13H2,1-2H3,(H,29,37)(H,33,34)(H,35,36)(H2,30,31,32). The average Bonchev–Trinajstić information content (AvgIpc) is 2.87. The number of aliphatic carboxylic acids is 1. The molecule has 2 amide bonds. The van der Waals surface area contributed by atoms with Crippen molar-refractivity contribution < 1.29 is 29.0 Å². The van der Waals surface area contributed by atoms with Crippen molar-refractivity contribution in [3.8, 4) is 6.07 Å². The van der Waals surface area contributed by atoms with E-state index in [-0.39, 0.29) is 24.2 Å². The number of rotatable bonds is 9. The lowest BCUT2D eigenvalue weighted by atomic mass is 9.91. The Bertz CT molecular complexity index is 1290. The van der Waals surface area contributed by atoms with Crippen molar-refractivity contribution in [1.82, 2.24) is 20.9 Å². The van der Waals surface area contributed by atoms with Crippen molar-refractivity contribution in [3.05, 3.63) is 58.9 Å². The van der Waals surface area contributed by atoms with Crippen LogP contribution < -0.4 is 21.3 Å². The minimum atomic E-state index is -1.31. The fourth-order valence-corrected chi connectivity index (χ4v) is 3.58. The molecule has 1 aromatic heterocycles. The highest BCUT2D eigenvalue weighted by Gasteiger charge is 2.23. The number of hydrogen-bond donors (Lipinski definition) is 6. The lowest BCUT2D eigenvalue weighted by Crippen LogP contribution is -2.41. The zero-order chi connectivity index (χ0) is 27.9. The second kappa shape index (κ2) is 12.1. The molecule has 38 heavy (non-hydrogen) atoms. The third-order valence-electron chi connectivity index (χ3n) is 5.52. The van der Waals surface area contributed by atoms with Gasteiger partial charge in [-0.1, -0.05) is 6.07 Å². The van der Waals surface area contributed by atoms with Gasteiger partial charge in [0.2, 0.25) is 5.91 Å². The molecule has 2 unspecified atom stereocenters. The van der Waals surface area contributed by atoms with Crippen LogP contribution in [0.2, 0.25) is 0 Å². The van der Waals surface area contributed by atoms with Gasteiger partial charge in [0.05, 0.1) is 66.8 Å². The molecule has 0 fully saturated rings. The Balaban J connectivity index is 1.66. The van der Waals surface area contributed by atoms with E-state index in [1.54, 1.807) is 0 Å². The summed E-state index contributed by atoms with van der Waals surface area (Å²) in [4.78, 5) is 44.7. The molecule has 1 aliphatic rings. The second-order valence-electron chi connectivity index (χ2n) is 9.17. The van der Waals surface area contributed by atoms with Gasteiger partial charge in [-0.25, -0.2) is 9.38 Å². The number of guanidine groups is 1. The van der Waals surface area contributed by atoms with E-state index in [0.717, 1.165) is 0 Å². The van der Waals surface area contributed by atoms with Gasteiger partial charge in [0, 0.05) is 6.20 Å². The number of aromatic nitrogens is 1. The summed E-state index contributed by atoms with van der Waals surface area (Å²) in [6.07, 6.45) is 1.18. The van der Waals surface area contributed by atoms with Crippen molar-refractivity contribution >= 4 is 29.4 Å². The van der Waals surface area contributed by atoms with Gasteiger partial charge in [0.15, 0.2) is 5.96 Å². The van der Waals surface area contributed by atoms with E-state index in [1.807, 2.05) is 6.07 Å². The highest BCUT2D eigenvalue weighted by Crippen LogP contribution is 2.26.